The molecule has 0 unspecified atom stereocenters. The minimum atomic E-state index is 0.740. The molecule has 0 atom stereocenters. The summed E-state index contributed by atoms with van der Waals surface area (Å²) in [6.45, 7) is 9.05. The van der Waals surface area contributed by atoms with Crippen LogP contribution in [0.5, 0.6) is 0 Å². The number of rotatable bonds is 8. The second kappa shape index (κ2) is 10.8. The highest BCUT2D eigenvalue weighted by atomic mass is 16.5. The van der Waals surface area contributed by atoms with Crippen LogP contribution in [-0.4, -0.2) is 65.5 Å². The van der Waals surface area contributed by atoms with E-state index in [-0.39, 0.29) is 0 Å². The molecule has 1 aromatic heterocycles. The van der Waals surface area contributed by atoms with Crippen molar-refractivity contribution in [3.8, 4) is 0 Å². The fraction of sp³-hybridized carbons (Fsp3) is 0.550. The molecule has 0 saturated carbocycles. The van der Waals surface area contributed by atoms with Gasteiger partial charge in [-0.25, -0.2) is 0 Å². The number of nitrogens with one attached hydrogen (secondary N) is 2. The number of nitrogens with zero attached hydrogens (tertiary/aromatic N) is 5. The van der Waals surface area contributed by atoms with Crippen LogP contribution in [0, 0.1) is 0 Å². The summed E-state index contributed by atoms with van der Waals surface area (Å²) in [6, 6.07) is 8.73. The Balaban J connectivity index is 1.44. The number of aryl methyl sites for hydroxylation is 1. The molecule has 2 N–H and O–H groups in total. The molecule has 0 spiro atoms. The average molecular weight is 386 g/mol. The van der Waals surface area contributed by atoms with Crippen molar-refractivity contribution in [2.45, 2.75) is 33.0 Å². The third-order valence-corrected chi connectivity index (χ3v) is 4.84. The van der Waals surface area contributed by atoms with Crippen LogP contribution in [0.1, 0.15) is 23.9 Å². The Morgan fingerprint density at radius 2 is 2.04 bits per heavy atom. The van der Waals surface area contributed by atoms with Crippen LogP contribution in [0.15, 0.2) is 35.6 Å². The van der Waals surface area contributed by atoms with Gasteiger partial charge in [0.15, 0.2) is 5.96 Å². The van der Waals surface area contributed by atoms with Gasteiger partial charge >= 0.3 is 0 Å². The van der Waals surface area contributed by atoms with Gasteiger partial charge in [0.05, 0.1) is 13.2 Å². The van der Waals surface area contributed by atoms with Gasteiger partial charge in [-0.05, 0) is 11.1 Å². The topological polar surface area (TPSA) is 79.6 Å². The Labute approximate surface area is 167 Å². The third kappa shape index (κ3) is 6.03. The fourth-order valence-corrected chi connectivity index (χ4v) is 3.30. The zero-order valence-corrected chi connectivity index (χ0v) is 16.9. The number of hydrogen-bond acceptors (Lipinski definition) is 5. The normalized spacial score (nSPS) is 15.6. The van der Waals surface area contributed by atoms with Crippen molar-refractivity contribution in [1.82, 2.24) is 30.3 Å². The predicted octanol–water partition coefficient (Wildman–Crippen LogP) is 1.04. The van der Waals surface area contributed by atoms with Gasteiger partial charge in [-0.3, -0.25) is 9.89 Å². The van der Waals surface area contributed by atoms with E-state index in [9.17, 15) is 0 Å². The minimum absolute atomic E-state index is 0.740. The molecular weight excluding hydrogens is 354 g/mol. The number of hydrogen-bond donors (Lipinski definition) is 2. The van der Waals surface area contributed by atoms with Crippen molar-refractivity contribution in [3.63, 3.8) is 0 Å². The van der Waals surface area contributed by atoms with Gasteiger partial charge in [-0.2, -0.15) is 0 Å². The molecular formula is C20H31N7O. The van der Waals surface area contributed by atoms with Crippen LogP contribution >= 0.6 is 0 Å². The first-order valence-corrected chi connectivity index (χ1v) is 9.97. The Morgan fingerprint density at radius 1 is 1.21 bits per heavy atom. The smallest absolute Gasteiger partial charge is 0.191 e. The molecule has 3 rings (SSSR count). The van der Waals surface area contributed by atoms with Crippen molar-refractivity contribution in [2.24, 2.45) is 4.99 Å². The Hall–Kier alpha value is -2.45. The molecule has 1 saturated heterocycles. The summed E-state index contributed by atoms with van der Waals surface area (Å²) in [6.07, 6.45) is 2.66. The van der Waals surface area contributed by atoms with E-state index in [4.69, 9.17) is 4.74 Å². The van der Waals surface area contributed by atoms with Crippen molar-refractivity contribution >= 4 is 5.96 Å². The number of aliphatic imine (C=N–C) groups is 1. The van der Waals surface area contributed by atoms with E-state index >= 15 is 0 Å². The lowest BCUT2D eigenvalue weighted by Crippen LogP contribution is -2.38. The molecule has 1 aliphatic heterocycles. The average Bonchev–Trinajstić information content (AvgIpc) is 3.19. The van der Waals surface area contributed by atoms with E-state index < -0.39 is 0 Å². The van der Waals surface area contributed by atoms with E-state index in [1.54, 1.807) is 13.4 Å². The number of ether oxygens (including phenoxy) is 1. The van der Waals surface area contributed by atoms with Crippen molar-refractivity contribution in [2.75, 3.05) is 39.9 Å². The van der Waals surface area contributed by atoms with Gasteiger partial charge in [-0.1, -0.05) is 31.2 Å². The predicted molar refractivity (Wildman–Crippen MR) is 110 cm³/mol. The lowest BCUT2D eigenvalue weighted by atomic mass is 10.1. The molecule has 2 aromatic rings. The van der Waals surface area contributed by atoms with Crippen LogP contribution in [-0.2, 0) is 30.8 Å². The SMILES string of the molecule is CCc1nncn1CCNC(=NC)NCc1cccc(CN2CCOCC2)c1. The van der Waals surface area contributed by atoms with Crippen LogP contribution in [0.4, 0.5) is 0 Å². The highest BCUT2D eigenvalue weighted by Gasteiger charge is 2.10. The lowest BCUT2D eigenvalue weighted by molar-refractivity contribution is 0.0342. The summed E-state index contributed by atoms with van der Waals surface area (Å²) in [5.41, 5.74) is 2.59. The summed E-state index contributed by atoms with van der Waals surface area (Å²) >= 11 is 0. The van der Waals surface area contributed by atoms with Gasteiger partial charge in [0, 0.05) is 52.7 Å². The van der Waals surface area contributed by atoms with E-state index in [0.717, 1.165) is 70.7 Å². The Kier molecular flexibility index (Phi) is 7.81. The summed E-state index contributed by atoms with van der Waals surface area (Å²) in [7, 11) is 1.79. The zero-order valence-electron chi connectivity index (χ0n) is 16.9. The standard InChI is InChI=1S/C20H31N7O/c1-3-19-25-24-16-27(19)8-7-22-20(21-2)23-14-17-5-4-6-18(13-17)15-26-9-11-28-12-10-26/h4-6,13,16H,3,7-12,14-15H2,1-2H3,(H2,21,22,23). The van der Waals surface area contributed by atoms with Crippen molar-refractivity contribution in [3.05, 3.63) is 47.5 Å². The van der Waals surface area contributed by atoms with Gasteiger partial charge in [0.25, 0.3) is 0 Å². The summed E-state index contributed by atoms with van der Waals surface area (Å²) in [5.74, 6) is 1.80. The van der Waals surface area contributed by atoms with Crippen molar-refractivity contribution in [1.29, 1.82) is 0 Å². The Morgan fingerprint density at radius 3 is 2.82 bits per heavy atom. The molecule has 0 amide bonds. The zero-order chi connectivity index (χ0) is 19.6. The lowest BCUT2D eigenvalue weighted by Gasteiger charge is -2.26. The van der Waals surface area contributed by atoms with Crippen LogP contribution in [0.3, 0.4) is 0 Å². The minimum Gasteiger partial charge on any atom is -0.379 e. The van der Waals surface area contributed by atoms with Crippen LogP contribution in [0.25, 0.3) is 0 Å². The van der Waals surface area contributed by atoms with Gasteiger partial charge in [0.1, 0.15) is 12.2 Å². The second-order valence-electron chi connectivity index (χ2n) is 6.86. The maximum absolute atomic E-state index is 5.43. The monoisotopic (exact) mass is 385 g/mol. The molecule has 152 valence electrons. The fourth-order valence-electron chi connectivity index (χ4n) is 3.30. The molecule has 0 radical (unpaired) electrons. The first-order valence-electron chi connectivity index (χ1n) is 9.97. The number of guanidine groups is 1. The first kappa shape index (κ1) is 20.3. The molecule has 1 fully saturated rings. The molecule has 1 aliphatic rings. The number of morpholine rings is 1. The maximum atomic E-state index is 5.43. The summed E-state index contributed by atoms with van der Waals surface area (Å²) in [5, 5.41) is 14.8. The summed E-state index contributed by atoms with van der Waals surface area (Å²) < 4.78 is 7.49. The highest BCUT2D eigenvalue weighted by Crippen LogP contribution is 2.10. The molecule has 0 aliphatic carbocycles. The molecule has 0 bridgehead atoms. The van der Waals surface area contributed by atoms with E-state index in [2.05, 4.69) is 66.5 Å². The van der Waals surface area contributed by atoms with E-state index in [0.29, 0.717) is 0 Å². The van der Waals surface area contributed by atoms with Gasteiger partial charge in [-0.15, -0.1) is 10.2 Å². The van der Waals surface area contributed by atoms with Gasteiger partial charge < -0.3 is 19.9 Å². The molecule has 1 aromatic carbocycles. The quantitative estimate of drug-likeness (QED) is 0.522. The van der Waals surface area contributed by atoms with Crippen LogP contribution in [0.2, 0.25) is 0 Å². The highest BCUT2D eigenvalue weighted by molar-refractivity contribution is 5.79. The largest absolute Gasteiger partial charge is 0.379 e. The second-order valence-corrected chi connectivity index (χ2v) is 6.86. The molecule has 2 heterocycles. The van der Waals surface area contributed by atoms with E-state index in [1.807, 2.05) is 0 Å². The van der Waals surface area contributed by atoms with E-state index in [1.165, 1.54) is 11.1 Å². The molecule has 8 nitrogen and oxygen atoms in total. The number of benzene rings is 1. The molecule has 8 heteroatoms. The third-order valence-electron chi connectivity index (χ3n) is 4.84. The molecule has 28 heavy (non-hydrogen) atoms. The van der Waals surface area contributed by atoms with Crippen LogP contribution < -0.4 is 10.6 Å². The summed E-state index contributed by atoms with van der Waals surface area (Å²) in [4.78, 5) is 6.75. The van der Waals surface area contributed by atoms with Gasteiger partial charge in [0.2, 0.25) is 0 Å². The van der Waals surface area contributed by atoms with Crippen molar-refractivity contribution < 1.29 is 4.74 Å². The number of aromatic nitrogens is 3. The Bertz CT molecular complexity index is 753. The first-order chi connectivity index (χ1) is 13.8. The maximum Gasteiger partial charge on any atom is 0.191 e.